The summed E-state index contributed by atoms with van der Waals surface area (Å²) in [6.07, 6.45) is 1.89. The number of hydrogen-bond acceptors (Lipinski definition) is 4. The first kappa shape index (κ1) is 45.4. The van der Waals surface area contributed by atoms with Gasteiger partial charge in [0.15, 0.2) is 0 Å². The SMILES string of the molecule is CC(C)(C)c1ccnc(-n2c3[c-]c(Oc4[c-]c(N5[CH-]N(c6ccccc6-c6ccc(F)cc6)c6ccccc65)cc(-c5cc(-c6ccccc6)cc(-c6ccccc6)c5)c4)ccc3c3ccccc32)c1.[Pt]. The Morgan fingerprint density at radius 2 is 1.08 bits per heavy atom. The molecule has 0 radical (unpaired) electrons. The molecule has 0 fully saturated rings. The second-order valence-corrected chi connectivity index (χ2v) is 18.7. The minimum atomic E-state index is -0.271. The van der Waals surface area contributed by atoms with E-state index in [4.69, 9.17) is 9.72 Å². The van der Waals surface area contributed by atoms with Gasteiger partial charge in [-0.2, -0.15) is 6.07 Å². The van der Waals surface area contributed by atoms with Gasteiger partial charge in [0.1, 0.15) is 11.6 Å². The number of rotatable bonds is 9. The van der Waals surface area contributed by atoms with Crippen molar-refractivity contribution in [3.63, 3.8) is 0 Å². The molecule has 1 aliphatic heterocycles. The van der Waals surface area contributed by atoms with Crippen molar-refractivity contribution in [2.24, 2.45) is 0 Å². The average molecular weight is 1100 g/mol. The molecule has 0 N–H and O–H groups in total. The van der Waals surface area contributed by atoms with Crippen molar-refractivity contribution in [3.8, 4) is 61.8 Å². The van der Waals surface area contributed by atoms with Crippen molar-refractivity contribution < 1.29 is 30.2 Å². The van der Waals surface area contributed by atoms with Gasteiger partial charge in [-0.25, -0.2) is 9.37 Å². The molecule has 1 aliphatic rings. The van der Waals surface area contributed by atoms with Gasteiger partial charge in [0.05, 0.1) is 0 Å². The molecule has 11 aromatic rings. The monoisotopic (exact) mass is 1100 g/mol. The number of aromatic nitrogens is 2. The topological polar surface area (TPSA) is 33.5 Å². The van der Waals surface area contributed by atoms with Gasteiger partial charge in [-0.05, 0) is 116 Å². The summed E-state index contributed by atoms with van der Waals surface area (Å²) < 4.78 is 23.4. The second kappa shape index (κ2) is 18.7. The third kappa shape index (κ3) is 8.70. The van der Waals surface area contributed by atoms with Crippen LogP contribution in [0.3, 0.4) is 0 Å². The zero-order chi connectivity index (χ0) is 47.3. The number of fused-ring (bicyclic) bond motifs is 4. The van der Waals surface area contributed by atoms with Crippen LogP contribution in [-0.2, 0) is 26.5 Å². The van der Waals surface area contributed by atoms with Crippen LogP contribution in [0.1, 0.15) is 26.3 Å². The molecule has 0 saturated carbocycles. The largest absolute Gasteiger partial charge is 0.509 e. The van der Waals surface area contributed by atoms with E-state index in [9.17, 15) is 4.39 Å². The van der Waals surface area contributed by atoms with Crippen molar-refractivity contribution in [3.05, 3.63) is 249 Å². The molecule has 0 amide bonds. The molecule has 0 saturated heterocycles. The van der Waals surface area contributed by atoms with E-state index in [-0.39, 0.29) is 32.3 Å². The molecular weight excluding hydrogens is 1050 g/mol. The van der Waals surface area contributed by atoms with Crippen molar-refractivity contribution in [1.29, 1.82) is 0 Å². The molecule has 2 aromatic heterocycles. The van der Waals surface area contributed by atoms with Crippen LogP contribution in [0.4, 0.5) is 27.1 Å². The summed E-state index contributed by atoms with van der Waals surface area (Å²) in [6, 6.07) is 79.6. The number of benzene rings is 9. The molecule has 5 nitrogen and oxygen atoms in total. The van der Waals surface area contributed by atoms with Crippen LogP contribution < -0.4 is 14.5 Å². The number of ether oxygens (including phenoxy) is 1. The first-order chi connectivity index (χ1) is 34.2. The Morgan fingerprint density at radius 3 is 1.77 bits per heavy atom. The van der Waals surface area contributed by atoms with E-state index in [1.807, 2.05) is 48.7 Å². The Morgan fingerprint density at radius 1 is 0.493 bits per heavy atom. The summed E-state index contributed by atoms with van der Waals surface area (Å²) in [5.41, 5.74) is 15.1. The molecule has 0 aliphatic carbocycles. The van der Waals surface area contributed by atoms with Gasteiger partial charge in [-0.15, -0.1) is 53.6 Å². The second-order valence-electron chi connectivity index (χ2n) is 18.7. The first-order valence-electron chi connectivity index (χ1n) is 23.5. The van der Waals surface area contributed by atoms with Gasteiger partial charge in [0, 0.05) is 66.9 Å². The summed E-state index contributed by atoms with van der Waals surface area (Å²) in [7, 11) is 0. The molecule has 7 heteroatoms. The molecule has 71 heavy (non-hydrogen) atoms. The van der Waals surface area contributed by atoms with Gasteiger partial charge in [-0.1, -0.05) is 148 Å². The third-order valence-electron chi connectivity index (χ3n) is 13.1. The molecular formula is C64H46FN4OPt-3. The Labute approximate surface area is 428 Å². The zero-order valence-corrected chi connectivity index (χ0v) is 41.5. The van der Waals surface area contributed by atoms with Crippen LogP contribution in [0, 0.1) is 24.6 Å². The normalized spacial score (nSPS) is 12.3. The fraction of sp³-hybridized carbons (Fsp3) is 0.0625. The average Bonchev–Trinajstić information content (AvgIpc) is 3.95. The fourth-order valence-corrected chi connectivity index (χ4v) is 9.62. The minimum Gasteiger partial charge on any atom is -0.509 e. The van der Waals surface area contributed by atoms with Gasteiger partial charge in [-0.3, -0.25) is 0 Å². The van der Waals surface area contributed by atoms with Crippen LogP contribution in [0.2, 0.25) is 0 Å². The Hall–Kier alpha value is -8.05. The summed E-state index contributed by atoms with van der Waals surface area (Å²) >= 11 is 0. The van der Waals surface area contributed by atoms with E-state index in [0.29, 0.717) is 11.5 Å². The van der Waals surface area contributed by atoms with Crippen molar-refractivity contribution in [1.82, 2.24) is 9.55 Å². The molecule has 0 atom stereocenters. The van der Waals surface area contributed by atoms with E-state index >= 15 is 0 Å². The molecule has 3 heterocycles. The van der Waals surface area contributed by atoms with Gasteiger partial charge >= 0.3 is 0 Å². The number of anilines is 4. The van der Waals surface area contributed by atoms with Crippen LogP contribution in [0.25, 0.3) is 72.1 Å². The number of halogens is 1. The molecule has 9 aromatic carbocycles. The van der Waals surface area contributed by atoms with Crippen LogP contribution in [0.5, 0.6) is 11.5 Å². The number of pyridine rings is 1. The smallest absolute Gasteiger partial charge is 0.135 e. The summed E-state index contributed by atoms with van der Waals surface area (Å²) in [6.45, 7) is 8.77. The Balaban J connectivity index is 0.00000547. The first-order valence-corrected chi connectivity index (χ1v) is 23.5. The van der Waals surface area contributed by atoms with Crippen LogP contribution in [0.15, 0.2) is 219 Å². The maximum atomic E-state index is 14.2. The van der Waals surface area contributed by atoms with Gasteiger partial charge in [0.2, 0.25) is 0 Å². The van der Waals surface area contributed by atoms with E-state index in [2.05, 4.69) is 212 Å². The number of hydrogen-bond donors (Lipinski definition) is 0. The van der Waals surface area contributed by atoms with Crippen molar-refractivity contribution >= 4 is 44.6 Å². The van der Waals surface area contributed by atoms with Crippen molar-refractivity contribution in [2.75, 3.05) is 9.80 Å². The minimum absolute atomic E-state index is 0. The number of para-hydroxylation sites is 4. The van der Waals surface area contributed by atoms with E-state index < -0.39 is 0 Å². The molecule has 12 rings (SSSR count). The van der Waals surface area contributed by atoms with Gasteiger partial charge < -0.3 is 19.1 Å². The predicted octanol–water partition coefficient (Wildman–Crippen LogP) is 17.1. The maximum Gasteiger partial charge on any atom is 0.135 e. The summed E-state index contributed by atoms with van der Waals surface area (Å²) in [5.74, 6) is 1.63. The summed E-state index contributed by atoms with van der Waals surface area (Å²) in [4.78, 5) is 9.28. The third-order valence-corrected chi connectivity index (χ3v) is 13.1. The summed E-state index contributed by atoms with van der Waals surface area (Å²) in [5, 5.41) is 2.17. The molecule has 348 valence electrons. The Bertz CT molecular complexity index is 3680. The fourth-order valence-electron chi connectivity index (χ4n) is 9.62. The molecule has 0 bridgehead atoms. The number of nitrogens with zero attached hydrogens (tertiary/aromatic N) is 4. The predicted molar refractivity (Wildman–Crippen MR) is 285 cm³/mol. The van der Waals surface area contributed by atoms with E-state index in [0.717, 1.165) is 94.9 Å². The standard InChI is InChI=1S/C64H46FN4O.Pt/c1-64(2,3)50-32-33-66-63(39-50)69-59-23-13-11-21-56(59)57-31-30-53(41-62(57)69)70-54-38-49(48-35-46(43-16-6-4-7-17-43)34-47(36-48)44-18-8-5-9-19-44)37-52(40-54)67-42-68(61-25-15-14-24-60(61)67)58-22-12-10-20-55(58)45-26-28-51(65)29-27-45;/h4-39,42H,1-3H3;/q-3;. The van der Waals surface area contributed by atoms with Gasteiger partial charge in [0.25, 0.3) is 0 Å². The maximum absolute atomic E-state index is 14.2. The van der Waals surface area contributed by atoms with Crippen LogP contribution >= 0.6 is 0 Å². The zero-order valence-electron chi connectivity index (χ0n) is 39.3. The van der Waals surface area contributed by atoms with E-state index in [1.165, 1.54) is 17.7 Å². The van der Waals surface area contributed by atoms with Crippen molar-refractivity contribution in [2.45, 2.75) is 26.2 Å². The van der Waals surface area contributed by atoms with E-state index in [1.54, 1.807) is 0 Å². The molecule has 0 spiro atoms. The Kier molecular flexibility index (Phi) is 12.0. The quantitative estimate of drug-likeness (QED) is 0.135. The molecule has 0 unspecified atom stereocenters. The van der Waals surface area contributed by atoms with Crippen LogP contribution in [-0.4, -0.2) is 9.55 Å².